The summed E-state index contributed by atoms with van der Waals surface area (Å²) in [6.45, 7) is 4.49. The molecule has 0 saturated carbocycles. The lowest BCUT2D eigenvalue weighted by molar-refractivity contribution is 0.670. The minimum atomic E-state index is 0.457. The summed E-state index contributed by atoms with van der Waals surface area (Å²) in [5.41, 5.74) is 18.9. The van der Waals surface area contributed by atoms with E-state index in [-0.39, 0.29) is 0 Å². The predicted octanol–water partition coefficient (Wildman–Crippen LogP) is 20.6. The quantitative estimate of drug-likeness (QED) is 0.129. The highest BCUT2D eigenvalue weighted by Crippen LogP contribution is 2.47. The van der Waals surface area contributed by atoms with Crippen molar-refractivity contribution >= 4 is 77.6 Å². The highest BCUT2D eigenvalue weighted by Gasteiger charge is 2.23. The molecule has 0 radical (unpaired) electrons. The van der Waals surface area contributed by atoms with Crippen molar-refractivity contribution in [3.05, 3.63) is 279 Å². The molecule has 0 atom stereocenters. The van der Waals surface area contributed by atoms with Crippen LogP contribution in [0.15, 0.2) is 277 Å². The summed E-state index contributed by atoms with van der Waals surface area (Å²) in [5.74, 6) is 0.457. The van der Waals surface area contributed by atoms with Crippen LogP contribution in [0.2, 0.25) is 0 Å². The number of benzene rings is 12. The maximum Gasteiger partial charge on any atom is 0.136 e. The molecule has 0 fully saturated rings. The summed E-state index contributed by atoms with van der Waals surface area (Å²) in [6, 6.07) is 98.9. The fourth-order valence-electron chi connectivity index (χ4n) is 10.8. The van der Waals surface area contributed by atoms with Gasteiger partial charge in [0.1, 0.15) is 11.2 Å². The van der Waals surface area contributed by atoms with Crippen LogP contribution in [0, 0.1) is 0 Å². The van der Waals surface area contributed by atoms with Gasteiger partial charge in [-0.3, -0.25) is 0 Å². The lowest BCUT2D eigenvalue weighted by atomic mass is 9.96. The number of rotatable bonds is 11. The first-order valence-electron chi connectivity index (χ1n) is 25.6. The fraction of sp³-hybridized carbons (Fsp3) is 0.0423. The Morgan fingerprint density at radius 1 is 0.284 bits per heavy atom. The summed E-state index contributed by atoms with van der Waals surface area (Å²) < 4.78 is 6.90. The molecular weight excluding hydrogens is 897 g/mol. The Morgan fingerprint density at radius 3 is 1.19 bits per heavy atom. The summed E-state index contributed by atoms with van der Waals surface area (Å²) in [6.07, 6.45) is 0. The van der Waals surface area contributed by atoms with Gasteiger partial charge in [-0.1, -0.05) is 208 Å². The molecule has 0 aliphatic carbocycles. The van der Waals surface area contributed by atoms with Gasteiger partial charge in [0.25, 0.3) is 0 Å². The smallest absolute Gasteiger partial charge is 0.136 e. The van der Waals surface area contributed by atoms with Crippen LogP contribution in [-0.2, 0) is 0 Å². The van der Waals surface area contributed by atoms with Gasteiger partial charge in [0.05, 0.1) is 17.1 Å². The lowest BCUT2D eigenvalue weighted by Crippen LogP contribution is -2.12. The van der Waals surface area contributed by atoms with Crippen molar-refractivity contribution in [3.8, 4) is 44.5 Å². The minimum absolute atomic E-state index is 0.457. The predicted molar refractivity (Wildman–Crippen MR) is 314 cm³/mol. The van der Waals surface area contributed by atoms with Crippen molar-refractivity contribution in [1.82, 2.24) is 0 Å². The monoisotopic (exact) mass is 948 g/mol. The highest BCUT2D eigenvalue weighted by atomic mass is 16.3. The van der Waals surface area contributed by atoms with Gasteiger partial charge < -0.3 is 14.2 Å². The Balaban J connectivity index is 0.939. The Labute approximate surface area is 432 Å². The van der Waals surface area contributed by atoms with Gasteiger partial charge in [-0.2, -0.15) is 0 Å². The van der Waals surface area contributed by atoms with E-state index in [2.05, 4.69) is 297 Å². The number of furan rings is 1. The molecule has 352 valence electrons. The zero-order valence-corrected chi connectivity index (χ0v) is 41.4. The van der Waals surface area contributed by atoms with Gasteiger partial charge in [-0.05, 0) is 140 Å². The molecule has 12 aromatic carbocycles. The molecule has 1 heterocycles. The van der Waals surface area contributed by atoms with Crippen molar-refractivity contribution in [1.29, 1.82) is 0 Å². The molecule has 0 aliphatic heterocycles. The molecule has 3 nitrogen and oxygen atoms in total. The van der Waals surface area contributed by atoms with Crippen LogP contribution in [-0.4, -0.2) is 0 Å². The minimum Gasteiger partial charge on any atom is -0.456 e. The van der Waals surface area contributed by atoms with E-state index >= 15 is 0 Å². The third kappa shape index (κ3) is 8.25. The fourth-order valence-corrected chi connectivity index (χ4v) is 10.8. The Morgan fingerprint density at radius 2 is 0.689 bits per heavy atom. The van der Waals surface area contributed by atoms with E-state index < -0.39 is 0 Å². The zero-order chi connectivity index (χ0) is 49.5. The molecule has 0 amide bonds. The third-order valence-electron chi connectivity index (χ3n) is 14.6. The van der Waals surface area contributed by atoms with E-state index in [1.807, 2.05) is 0 Å². The average molecular weight is 949 g/mol. The highest BCUT2D eigenvalue weighted by molar-refractivity contribution is 6.14. The first-order valence-corrected chi connectivity index (χ1v) is 25.6. The van der Waals surface area contributed by atoms with Gasteiger partial charge in [-0.15, -0.1) is 0 Å². The van der Waals surface area contributed by atoms with Crippen molar-refractivity contribution in [2.75, 3.05) is 9.80 Å². The second-order valence-electron chi connectivity index (χ2n) is 19.5. The van der Waals surface area contributed by atoms with E-state index in [1.165, 1.54) is 22.3 Å². The number of fused-ring (bicyclic) bond motifs is 5. The molecule has 13 rings (SSSR count). The van der Waals surface area contributed by atoms with E-state index in [4.69, 9.17) is 4.42 Å². The first-order chi connectivity index (χ1) is 36.5. The van der Waals surface area contributed by atoms with E-state index in [1.54, 1.807) is 0 Å². The van der Waals surface area contributed by atoms with Crippen LogP contribution < -0.4 is 9.80 Å². The number of hydrogen-bond acceptors (Lipinski definition) is 3. The van der Waals surface area contributed by atoms with Gasteiger partial charge in [0.2, 0.25) is 0 Å². The summed E-state index contributed by atoms with van der Waals surface area (Å²) >= 11 is 0. The van der Waals surface area contributed by atoms with Gasteiger partial charge >= 0.3 is 0 Å². The number of nitrogens with zero attached hydrogens (tertiary/aromatic N) is 2. The van der Waals surface area contributed by atoms with Gasteiger partial charge in [0.15, 0.2) is 0 Å². The van der Waals surface area contributed by atoms with Crippen LogP contribution in [0.5, 0.6) is 0 Å². The standard InChI is InChI=1S/C71H52N2O/c1-48(2)49-33-35-53(36-34-49)64-29-12-15-30-67(64)72(59-26-18-25-54(41-59)50-19-6-3-7-20-50)60-39-37-55-44-65-66-45-56-38-40-61(43-58(56)47-71(66)74-70(65)46-57(55)42-60)73(68-31-16-13-27-62(68)51-21-8-4-9-22-51)69-32-17-14-28-63(69)52-23-10-5-11-24-52/h3-48H,1-2H3. The molecule has 0 bridgehead atoms. The van der Waals surface area contributed by atoms with Crippen LogP contribution >= 0.6 is 0 Å². The largest absolute Gasteiger partial charge is 0.456 e. The first kappa shape index (κ1) is 44.5. The molecule has 0 spiro atoms. The normalized spacial score (nSPS) is 11.5. The molecule has 13 aromatic rings. The summed E-state index contributed by atoms with van der Waals surface area (Å²) in [7, 11) is 0. The maximum absolute atomic E-state index is 6.90. The summed E-state index contributed by atoms with van der Waals surface area (Å²) in [4.78, 5) is 4.82. The molecular formula is C71H52N2O. The Kier molecular flexibility index (Phi) is 11.4. The lowest BCUT2D eigenvalue weighted by Gasteiger charge is -2.30. The van der Waals surface area contributed by atoms with E-state index in [0.717, 1.165) is 105 Å². The molecule has 1 aromatic heterocycles. The van der Waals surface area contributed by atoms with Gasteiger partial charge in [-0.25, -0.2) is 0 Å². The topological polar surface area (TPSA) is 19.6 Å². The molecule has 0 N–H and O–H groups in total. The Hall–Kier alpha value is -9.44. The van der Waals surface area contributed by atoms with Crippen molar-refractivity contribution < 1.29 is 4.42 Å². The zero-order valence-electron chi connectivity index (χ0n) is 41.4. The molecule has 0 aliphatic rings. The third-order valence-corrected chi connectivity index (χ3v) is 14.6. The van der Waals surface area contributed by atoms with Crippen LogP contribution in [0.25, 0.3) is 88.0 Å². The number of para-hydroxylation sites is 3. The molecule has 74 heavy (non-hydrogen) atoms. The van der Waals surface area contributed by atoms with E-state index in [9.17, 15) is 0 Å². The molecule has 3 heteroatoms. The SMILES string of the molecule is CC(C)c1ccc(-c2ccccc2N(c2cccc(-c3ccccc3)c2)c2ccc3cc4c(cc3c2)oc2cc3cc(N(c5ccccc5-c5ccccc5)c5ccccc5-c5ccccc5)ccc3cc24)cc1. The summed E-state index contributed by atoms with van der Waals surface area (Å²) in [5, 5.41) is 6.71. The van der Waals surface area contributed by atoms with Crippen molar-refractivity contribution in [3.63, 3.8) is 0 Å². The van der Waals surface area contributed by atoms with Crippen LogP contribution in [0.3, 0.4) is 0 Å². The average Bonchev–Trinajstić information content (AvgIpc) is 3.82. The maximum atomic E-state index is 6.90. The second-order valence-corrected chi connectivity index (χ2v) is 19.5. The van der Waals surface area contributed by atoms with Crippen molar-refractivity contribution in [2.45, 2.75) is 19.8 Å². The number of hydrogen-bond donors (Lipinski definition) is 0. The molecule has 0 saturated heterocycles. The second kappa shape index (κ2) is 19.0. The van der Waals surface area contributed by atoms with E-state index in [0.29, 0.717) is 5.92 Å². The van der Waals surface area contributed by atoms with Gasteiger partial charge in [0, 0.05) is 44.5 Å². The van der Waals surface area contributed by atoms with Crippen LogP contribution in [0.4, 0.5) is 34.1 Å². The molecule has 0 unspecified atom stereocenters. The van der Waals surface area contributed by atoms with Crippen molar-refractivity contribution in [2.24, 2.45) is 0 Å². The number of anilines is 6. The van der Waals surface area contributed by atoms with Crippen LogP contribution in [0.1, 0.15) is 25.3 Å². The Bertz CT molecular complexity index is 4080.